The lowest BCUT2D eigenvalue weighted by Gasteiger charge is -2.27. The molecule has 8 heteroatoms. The Kier molecular flexibility index (Phi) is 6.60. The smallest absolute Gasteiger partial charge is 0.262 e. The van der Waals surface area contributed by atoms with E-state index in [1.165, 1.54) is 11.8 Å². The quantitative estimate of drug-likeness (QED) is 0.357. The van der Waals surface area contributed by atoms with Crippen LogP contribution in [-0.2, 0) is 11.3 Å². The highest BCUT2D eigenvalue weighted by molar-refractivity contribution is 8.00. The maximum absolute atomic E-state index is 13.6. The van der Waals surface area contributed by atoms with Gasteiger partial charge in [-0.25, -0.2) is 4.98 Å². The average Bonchev–Trinajstić information content (AvgIpc) is 3.20. The Balaban J connectivity index is 1.82. The summed E-state index contributed by atoms with van der Waals surface area (Å²) in [5, 5.41) is 1.07. The zero-order chi connectivity index (χ0) is 22.1. The number of amides is 1. The van der Waals surface area contributed by atoms with Gasteiger partial charge in [-0.3, -0.25) is 14.2 Å². The number of halogens is 2. The summed E-state index contributed by atoms with van der Waals surface area (Å²) in [5.74, 6) is 0.0485. The average molecular weight is 476 g/mol. The Bertz CT molecular complexity index is 1180. The van der Waals surface area contributed by atoms with Gasteiger partial charge in [0.05, 0.1) is 20.9 Å². The number of likely N-dealkylation sites (tertiary alicyclic amines) is 1. The molecule has 0 bridgehead atoms. The fourth-order valence-electron chi connectivity index (χ4n) is 3.97. The lowest BCUT2D eigenvalue weighted by atomic mass is 10.1. The molecule has 4 rings (SSSR count). The van der Waals surface area contributed by atoms with Gasteiger partial charge in [-0.1, -0.05) is 65.3 Å². The van der Waals surface area contributed by atoms with Crippen molar-refractivity contribution in [2.24, 2.45) is 0 Å². The van der Waals surface area contributed by atoms with Gasteiger partial charge < -0.3 is 4.90 Å². The Hall–Kier alpha value is -2.02. The van der Waals surface area contributed by atoms with Crippen molar-refractivity contribution in [2.45, 2.75) is 49.7 Å². The van der Waals surface area contributed by atoms with Gasteiger partial charge in [0.1, 0.15) is 5.25 Å². The SMILES string of the molecule is CCn1c(SC(C(=O)N2CCCC2C)c2ccccc2)nc2cc(Cl)c(Cl)cc2c1=O. The Morgan fingerprint density at radius 3 is 2.58 bits per heavy atom. The number of hydrogen-bond acceptors (Lipinski definition) is 4. The minimum atomic E-state index is -0.494. The summed E-state index contributed by atoms with van der Waals surface area (Å²) in [4.78, 5) is 33.4. The fraction of sp³-hybridized carbons (Fsp3) is 0.348. The number of benzene rings is 2. The van der Waals surface area contributed by atoms with E-state index in [0.29, 0.717) is 32.6 Å². The molecule has 1 aliphatic rings. The highest BCUT2D eigenvalue weighted by Gasteiger charge is 2.33. The third-order valence-electron chi connectivity index (χ3n) is 5.66. The summed E-state index contributed by atoms with van der Waals surface area (Å²) in [6.45, 7) is 5.15. The number of carbonyl (C=O) groups excluding carboxylic acids is 1. The van der Waals surface area contributed by atoms with Crippen LogP contribution in [0, 0.1) is 0 Å². The zero-order valence-electron chi connectivity index (χ0n) is 17.3. The van der Waals surface area contributed by atoms with Crippen LogP contribution in [0.5, 0.6) is 0 Å². The van der Waals surface area contributed by atoms with Crippen LogP contribution in [-0.4, -0.2) is 32.9 Å². The molecule has 2 atom stereocenters. The molecule has 0 spiro atoms. The van der Waals surface area contributed by atoms with E-state index in [1.807, 2.05) is 42.2 Å². The first-order valence-corrected chi connectivity index (χ1v) is 12.0. The minimum Gasteiger partial charge on any atom is -0.339 e. The van der Waals surface area contributed by atoms with Crippen molar-refractivity contribution in [1.29, 1.82) is 0 Å². The summed E-state index contributed by atoms with van der Waals surface area (Å²) >= 11 is 13.6. The molecule has 3 aromatic rings. The van der Waals surface area contributed by atoms with Crippen molar-refractivity contribution in [2.75, 3.05) is 6.54 Å². The molecule has 1 aliphatic heterocycles. The predicted molar refractivity (Wildman–Crippen MR) is 127 cm³/mol. The highest BCUT2D eigenvalue weighted by atomic mass is 35.5. The van der Waals surface area contributed by atoms with E-state index in [2.05, 4.69) is 6.92 Å². The van der Waals surface area contributed by atoms with E-state index in [0.717, 1.165) is 24.9 Å². The molecule has 2 heterocycles. The first-order chi connectivity index (χ1) is 14.9. The van der Waals surface area contributed by atoms with Crippen molar-refractivity contribution in [3.63, 3.8) is 0 Å². The highest BCUT2D eigenvalue weighted by Crippen LogP contribution is 2.38. The minimum absolute atomic E-state index is 0.0485. The Morgan fingerprint density at radius 2 is 1.94 bits per heavy atom. The zero-order valence-corrected chi connectivity index (χ0v) is 19.7. The number of fused-ring (bicyclic) bond motifs is 1. The van der Waals surface area contributed by atoms with E-state index in [1.54, 1.807) is 16.7 Å². The van der Waals surface area contributed by atoms with Crippen molar-refractivity contribution < 1.29 is 4.79 Å². The van der Waals surface area contributed by atoms with Crippen LogP contribution in [0.1, 0.15) is 37.5 Å². The molecule has 31 heavy (non-hydrogen) atoms. The van der Waals surface area contributed by atoms with Crippen molar-refractivity contribution >= 4 is 51.8 Å². The summed E-state index contributed by atoms with van der Waals surface area (Å²) in [6, 6.07) is 13.0. The summed E-state index contributed by atoms with van der Waals surface area (Å²) in [7, 11) is 0. The Labute approximate surface area is 195 Å². The van der Waals surface area contributed by atoms with Gasteiger partial charge in [-0.15, -0.1) is 0 Å². The van der Waals surface area contributed by atoms with Crippen molar-refractivity contribution in [3.05, 3.63) is 68.4 Å². The Morgan fingerprint density at radius 1 is 1.23 bits per heavy atom. The molecule has 2 aromatic carbocycles. The number of rotatable bonds is 5. The molecule has 0 N–H and O–H groups in total. The van der Waals surface area contributed by atoms with Gasteiger partial charge in [0.2, 0.25) is 5.91 Å². The molecular formula is C23H23Cl2N3O2S. The third kappa shape index (κ3) is 4.34. The van der Waals surface area contributed by atoms with Crippen molar-refractivity contribution in [1.82, 2.24) is 14.5 Å². The first kappa shape index (κ1) is 22.2. The number of aromatic nitrogens is 2. The number of carbonyl (C=O) groups is 1. The van der Waals surface area contributed by atoms with E-state index >= 15 is 0 Å². The van der Waals surface area contributed by atoms with E-state index < -0.39 is 5.25 Å². The third-order valence-corrected chi connectivity index (χ3v) is 7.62. The van der Waals surface area contributed by atoms with E-state index in [9.17, 15) is 9.59 Å². The van der Waals surface area contributed by atoms with Crippen LogP contribution in [0.4, 0.5) is 0 Å². The van der Waals surface area contributed by atoms with Crippen LogP contribution >= 0.6 is 35.0 Å². The summed E-state index contributed by atoms with van der Waals surface area (Å²) in [6.07, 6.45) is 2.01. The topological polar surface area (TPSA) is 55.2 Å². The van der Waals surface area contributed by atoms with Crippen LogP contribution in [0.25, 0.3) is 10.9 Å². The molecule has 1 aromatic heterocycles. The molecular weight excluding hydrogens is 453 g/mol. The summed E-state index contributed by atoms with van der Waals surface area (Å²) in [5.41, 5.74) is 1.17. The number of hydrogen-bond donors (Lipinski definition) is 0. The molecule has 1 fully saturated rings. The van der Waals surface area contributed by atoms with Gasteiger partial charge in [0, 0.05) is 19.1 Å². The van der Waals surface area contributed by atoms with E-state index in [4.69, 9.17) is 28.2 Å². The summed E-state index contributed by atoms with van der Waals surface area (Å²) < 4.78 is 1.59. The molecule has 2 unspecified atom stereocenters. The standard InChI is InChI=1S/C23H23Cl2N3O2S/c1-3-27-21(29)16-12-17(24)18(25)13-19(16)26-23(27)31-20(15-9-5-4-6-10-15)22(30)28-11-7-8-14(28)2/h4-6,9-10,12-14,20H,3,7-8,11H2,1-2H3. The lowest BCUT2D eigenvalue weighted by Crippen LogP contribution is -2.36. The molecule has 1 amide bonds. The van der Waals surface area contributed by atoms with Crippen LogP contribution in [0.3, 0.4) is 0 Å². The normalized spacial score (nSPS) is 17.3. The second kappa shape index (κ2) is 9.23. The molecule has 1 saturated heterocycles. The van der Waals surface area contributed by atoms with E-state index in [-0.39, 0.29) is 17.5 Å². The molecule has 0 radical (unpaired) electrons. The number of thioether (sulfide) groups is 1. The van der Waals surface area contributed by atoms with Gasteiger partial charge in [0.25, 0.3) is 5.56 Å². The first-order valence-electron chi connectivity index (χ1n) is 10.3. The van der Waals surface area contributed by atoms with Crippen LogP contribution in [0.15, 0.2) is 52.4 Å². The van der Waals surface area contributed by atoms with Gasteiger partial charge in [-0.2, -0.15) is 0 Å². The second-order valence-electron chi connectivity index (χ2n) is 7.66. The maximum atomic E-state index is 13.6. The largest absolute Gasteiger partial charge is 0.339 e. The second-order valence-corrected chi connectivity index (χ2v) is 9.55. The molecule has 0 aliphatic carbocycles. The monoisotopic (exact) mass is 475 g/mol. The molecule has 5 nitrogen and oxygen atoms in total. The van der Waals surface area contributed by atoms with Gasteiger partial charge in [-0.05, 0) is 44.4 Å². The number of nitrogens with zero attached hydrogens (tertiary/aromatic N) is 3. The predicted octanol–water partition coefficient (Wildman–Crippen LogP) is 5.57. The van der Waals surface area contributed by atoms with Gasteiger partial charge >= 0.3 is 0 Å². The molecule has 0 saturated carbocycles. The molecule has 162 valence electrons. The fourth-order valence-corrected chi connectivity index (χ4v) is 5.52. The van der Waals surface area contributed by atoms with Gasteiger partial charge in [0.15, 0.2) is 5.16 Å². The van der Waals surface area contributed by atoms with Crippen LogP contribution in [0.2, 0.25) is 10.0 Å². The lowest BCUT2D eigenvalue weighted by molar-refractivity contribution is -0.131. The maximum Gasteiger partial charge on any atom is 0.262 e. The van der Waals surface area contributed by atoms with Crippen molar-refractivity contribution in [3.8, 4) is 0 Å². The van der Waals surface area contributed by atoms with Crippen LogP contribution < -0.4 is 5.56 Å².